The maximum absolute atomic E-state index is 12.9. The fourth-order valence-corrected chi connectivity index (χ4v) is 4.66. The number of methoxy groups -OCH3 is 3. The maximum atomic E-state index is 12.9. The topological polar surface area (TPSA) is 144 Å². The fourth-order valence-electron chi connectivity index (χ4n) is 3.80. The smallest absolute Gasteiger partial charge is 0.338 e. The number of carbonyl (C=O) groups excluding carboxylic acids is 3. The first kappa shape index (κ1) is 29.0. The van der Waals surface area contributed by atoms with Crippen molar-refractivity contribution in [3.05, 3.63) is 86.8 Å². The van der Waals surface area contributed by atoms with Crippen molar-refractivity contribution in [3.63, 3.8) is 0 Å². The van der Waals surface area contributed by atoms with Gasteiger partial charge < -0.3 is 23.7 Å². The highest BCUT2D eigenvalue weighted by Crippen LogP contribution is 2.39. The summed E-state index contributed by atoms with van der Waals surface area (Å²) >= 11 is 0.795. The van der Waals surface area contributed by atoms with E-state index in [2.05, 4.69) is 4.74 Å². The fraction of sp³-hybridized carbons (Fsp3) is 0.179. The molecule has 0 atom stereocenters. The van der Waals surface area contributed by atoms with E-state index in [1.165, 1.54) is 45.6 Å². The lowest BCUT2D eigenvalue weighted by Gasteiger charge is -2.14. The van der Waals surface area contributed by atoms with Crippen LogP contribution < -0.4 is 18.9 Å². The summed E-state index contributed by atoms with van der Waals surface area (Å²) in [6, 6.07) is 15.4. The van der Waals surface area contributed by atoms with E-state index in [0.29, 0.717) is 17.1 Å². The van der Waals surface area contributed by atoms with Gasteiger partial charge in [0.25, 0.3) is 11.1 Å². The van der Waals surface area contributed by atoms with Crippen molar-refractivity contribution >= 4 is 40.6 Å². The van der Waals surface area contributed by atoms with E-state index in [9.17, 15) is 24.5 Å². The van der Waals surface area contributed by atoms with E-state index in [-0.39, 0.29) is 40.9 Å². The summed E-state index contributed by atoms with van der Waals surface area (Å²) in [6.07, 6.45) is 1.53. The number of hydrogen-bond acceptors (Lipinski definition) is 11. The standard InChI is InChI=1S/C28H24N2O10S/c1-36-21-6-4-5-7-22(21)39-13-12-29-26(31)25(41-28(29)33)15-17-8-10-23(24(14-17)37-2)40-20-11-9-18(27(32)38-3)16-19(20)30(34)35/h4-11,14-16H,12-13H2,1-3H3/b25-15-. The van der Waals surface area contributed by atoms with Crippen molar-refractivity contribution in [3.8, 4) is 28.7 Å². The van der Waals surface area contributed by atoms with Crippen molar-refractivity contribution in [1.29, 1.82) is 0 Å². The van der Waals surface area contributed by atoms with Gasteiger partial charge in [0.1, 0.15) is 6.61 Å². The molecule has 212 valence electrons. The van der Waals surface area contributed by atoms with Gasteiger partial charge in [-0.1, -0.05) is 18.2 Å². The van der Waals surface area contributed by atoms with Crippen LogP contribution in [0.25, 0.3) is 6.08 Å². The molecule has 0 spiro atoms. The van der Waals surface area contributed by atoms with Crippen LogP contribution in [0.15, 0.2) is 65.6 Å². The minimum atomic E-state index is -0.727. The Balaban J connectivity index is 1.48. The molecule has 41 heavy (non-hydrogen) atoms. The Morgan fingerprint density at radius 3 is 2.32 bits per heavy atom. The quantitative estimate of drug-likeness (QED) is 0.126. The second-order valence-electron chi connectivity index (χ2n) is 8.28. The van der Waals surface area contributed by atoms with Crippen molar-refractivity contribution in [2.75, 3.05) is 34.5 Å². The summed E-state index contributed by atoms with van der Waals surface area (Å²) in [7, 11) is 4.07. The van der Waals surface area contributed by atoms with Crippen molar-refractivity contribution < 1.29 is 43.0 Å². The zero-order chi connectivity index (χ0) is 29.5. The van der Waals surface area contributed by atoms with E-state index in [1.54, 1.807) is 36.4 Å². The van der Waals surface area contributed by atoms with Gasteiger partial charge in [-0.2, -0.15) is 0 Å². The summed E-state index contributed by atoms with van der Waals surface area (Å²) in [6.45, 7) is 0.127. The molecule has 4 rings (SSSR count). The van der Waals surface area contributed by atoms with Gasteiger partial charge in [-0.3, -0.25) is 24.6 Å². The molecule has 0 saturated carbocycles. The lowest BCUT2D eigenvalue weighted by atomic mass is 10.1. The Labute approximate surface area is 238 Å². The summed E-state index contributed by atoms with van der Waals surface area (Å²) < 4.78 is 26.7. The van der Waals surface area contributed by atoms with Crippen LogP contribution in [0, 0.1) is 10.1 Å². The average Bonchev–Trinajstić information content (AvgIpc) is 3.24. The highest BCUT2D eigenvalue weighted by Gasteiger charge is 2.35. The monoisotopic (exact) mass is 580 g/mol. The largest absolute Gasteiger partial charge is 0.493 e. The number of benzene rings is 3. The maximum Gasteiger partial charge on any atom is 0.338 e. The Bertz CT molecular complexity index is 1540. The molecule has 3 aromatic carbocycles. The number of amides is 2. The minimum absolute atomic E-state index is 0.00540. The number of nitrogens with zero attached hydrogens (tertiary/aromatic N) is 2. The zero-order valence-corrected chi connectivity index (χ0v) is 23.0. The SMILES string of the molecule is COC(=O)c1ccc(Oc2ccc(/C=C3\SC(=O)N(CCOc4ccccc4OC)C3=O)cc2OC)c([N+](=O)[O-])c1. The molecule has 12 nitrogen and oxygen atoms in total. The van der Waals surface area contributed by atoms with Crippen LogP contribution in [-0.2, 0) is 9.53 Å². The molecule has 1 aliphatic rings. The number of nitro benzene ring substituents is 1. The summed E-state index contributed by atoms with van der Waals surface area (Å²) in [5.74, 6) is 0.0893. The number of hydrogen-bond donors (Lipinski definition) is 0. The second kappa shape index (κ2) is 12.9. The number of esters is 1. The number of rotatable bonds is 11. The third-order valence-electron chi connectivity index (χ3n) is 5.80. The molecule has 13 heteroatoms. The minimum Gasteiger partial charge on any atom is -0.493 e. The molecule has 0 N–H and O–H groups in total. The number of carbonyl (C=O) groups is 3. The first-order chi connectivity index (χ1) is 19.7. The molecule has 2 amide bonds. The van der Waals surface area contributed by atoms with Gasteiger partial charge >= 0.3 is 11.7 Å². The van der Waals surface area contributed by atoms with Crippen LogP contribution in [0.4, 0.5) is 10.5 Å². The first-order valence-electron chi connectivity index (χ1n) is 12.0. The third-order valence-corrected chi connectivity index (χ3v) is 6.70. The molecule has 0 unspecified atom stereocenters. The molecule has 3 aromatic rings. The van der Waals surface area contributed by atoms with Gasteiger partial charge in [-0.15, -0.1) is 0 Å². The molecule has 0 aromatic heterocycles. The Hall–Kier alpha value is -5.04. The predicted octanol–water partition coefficient (Wildman–Crippen LogP) is 5.31. The van der Waals surface area contributed by atoms with Crippen LogP contribution in [0.5, 0.6) is 28.7 Å². The predicted molar refractivity (Wildman–Crippen MR) is 149 cm³/mol. The van der Waals surface area contributed by atoms with Gasteiger partial charge in [-0.05, 0) is 59.8 Å². The molecule has 1 heterocycles. The summed E-state index contributed by atoms with van der Waals surface area (Å²) in [5, 5.41) is 11.2. The van der Waals surface area contributed by atoms with Crippen molar-refractivity contribution in [2.24, 2.45) is 0 Å². The number of thioether (sulfide) groups is 1. The van der Waals surface area contributed by atoms with E-state index in [4.69, 9.17) is 18.9 Å². The second-order valence-corrected chi connectivity index (χ2v) is 9.27. The summed E-state index contributed by atoms with van der Waals surface area (Å²) in [4.78, 5) is 49.4. The Morgan fingerprint density at radius 2 is 1.63 bits per heavy atom. The normalized spacial score (nSPS) is 13.7. The highest BCUT2D eigenvalue weighted by atomic mass is 32.2. The van der Waals surface area contributed by atoms with Crippen LogP contribution in [-0.4, -0.2) is 61.4 Å². The molecule has 1 fully saturated rings. The number of ether oxygens (including phenoxy) is 5. The van der Waals surface area contributed by atoms with Crippen LogP contribution in [0.1, 0.15) is 15.9 Å². The molecule has 0 radical (unpaired) electrons. The molecular weight excluding hydrogens is 556 g/mol. The van der Waals surface area contributed by atoms with E-state index < -0.39 is 27.7 Å². The van der Waals surface area contributed by atoms with E-state index in [1.807, 2.05) is 0 Å². The number of nitro groups is 1. The van der Waals surface area contributed by atoms with Gasteiger partial charge in [0, 0.05) is 6.07 Å². The highest BCUT2D eigenvalue weighted by molar-refractivity contribution is 8.18. The third kappa shape index (κ3) is 6.58. The molecule has 0 bridgehead atoms. The van der Waals surface area contributed by atoms with Crippen LogP contribution in [0.3, 0.4) is 0 Å². The molecule has 1 aliphatic heterocycles. The van der Waals surface area contributed by atoms with Gasteiger partial charge in [0.15, 0.2) is 23.0 Å². The van der Waals surface area contributed by atoms with E-state index in [0.717, 1.165) is 22.7 Å². The molecule has 0 aliphatic carbocycles. The van der Waals surface area contributed by atoms with Gasteiger partial charge in [0.2, 0.25) is 5.75 Å². The van der Waals surface area contributed by atoms with Gasteiger partial charge in [0.05, 0.1) is 43.3 Å². The Kier molecular flexibility index (Phi) is 9.09. The Morgan fingerprint density at radius 1 is 0.927 bits per heavy atom. The van der Waals surface area contributed by atoms with Gasteiger partial charge in [-0.25, -0.2) is 4.79 Å². The lowest BCUT2D eigenvalue weighted by Crippen LogP contribution is -2.32. The average molecular weight is 581 g/mol. The lowest BCUT2D eigenvalue weighted by molar-refractivity contribution is -0.385. The zero-order valence-electron chi connectivity index (χ0n) is 22.2. The first-order valence-corrected chi connectivity index (χ1v) is 12.8. The summed E-state index contributed by atoms with van der Waals surface area (Å²) in [5.41, 5.74) is 0.0806. The van der Waals surface area contributed by atoms with Crippen LogP contribution >= 0.6 is 11.8 Å². The molecular formula is C28H24N2O10S. The van der Waals surface area contributed by atoms with Crippen molar-refractivity contribution in [2.45, 2.75) is 0 Å². The van der Waals surface area contributed by atoms with Crippen LogP contribution in [0.2, 0.25) is 0 Å². The number of imide groups is 1. The van der Waals surface area contributed by atoms with Crippen molar-refractivity contribution in [1.82, 2.24) is 4.90 Å². The van der Waals surface area contributed by atoms with E-state index >= 15 is 0 Å². The number of para-hydroxylation sites is 2. The molecule has 1 saturated heterocycles.